The molecule has 0 atom stereocenters. The molecule has 10 heteroatoms. The van der Waals surface area contributed by atoms with Crippen LogP contribution in [0.15, 0.2) is 36.4 Å². The molecular weight excluding hydrogens is 502 g/mol. The first-order valence-corrected chi connectivity index (χ1v) is 13.1. The summed E-state index contributed by atoms with van der Waals surface area (Å²) in [6.45, 7) is 10.5. The van der Waals surface area contributed by atoms with Gasteiger partial charge in [-0.15, -0.1) is 0 Å². The summed E-state index contributed by atoms with van der Waals surface area (Å²) in [5.74, 6) is -1.60. The van der Waals surface area contributed by atoms with Crippen LogP contribution < -0.4 is 14.4 Å². The topological polar surface area (TPSA) is 120 Å². The maximum absolute atomic E-state index is 13.2. The predicted molar refractivity (Wildman–Crippen MR) is 148 cm³/mol. The minimum atomic E-state index is -1.82. The molecule has 1 amide bonds. The van der Waals surface area contributed by atoms with Gasteiger partial charge in [-0.25, -0.2) is 9.59 Å². The number of carboxylic acids is 2. The van der Waals surface area contributed by atoms with Crippen molar-refractivity contribution in [2.45, 2.75) is 33.2 Å². The minimum Gasteiger partial charge on any atom is -0.493 e. The van der Waals surface area contributed by atoms with E-state index in [2.05, 4.69) is 52.8 Å². The van der Waals surface area contributed by atoms with E-state index in [0.29, 0.717) is 5.91 Å². The second-order valence-electron chi connectivity index (χ2n) is 9.84. The number of hydrogen-bond donors (Lipinski definition) is 2. The van der Waals surface area contributed by atoms with Gasteiger partial charge in [0, 0.05) is 49.9 Å². The van der Waals surface area contributed by atoms with E-state index in [1.165, 1.54) is 16.8 Å². The van der Waals surface area contributed by atoms with Crippen molar-refractivity contribution in [3.8, 4) is 11.5 Å². The molecule has 0 radical (unpaired) electrons. The fourth-order valence-electron chi connectivity index (χ4n) is 5.16. The Labute approximate surface area is 229 Å². The number of likely N-dealkylation sites (tertiary alicyclic amines) is 1. The van der Waals surface area contributed by atoms with Crippen molar-refractivity contribution in [2.75, 3.05) is 58.4 Å². The average Bonchev–Trinajstić information content (AvgIpc) is 2.94. The molecule has 2 fully saturated rings. The Hall–Kier alpha value is -3.79. The smallest absolute Gasteiger partial charge is 0.414 e. The first kappa shape index (κ1) is 29.8. The molecule has 4 rings (SSSR count). The molecule has 10 nitrogen and oxygen atoms in total. The molecule has 0 bridgehead atoms. The van der Waals surface area contributed by atoms with Crippen molar-refractivity contribution in [1.82, 2.24) is 9.80 Å². The first-order chi connectivity index (χ1) is 18.7. The summed E-state index contributed by atoms with van der Waals surface area (Å²) < 4.78 is 11.0. The lowest BCUT2D eigenvalue weighted by molar-refractivity contribution is -0.159. The molecule has 2 aromatic rings. The van der Waals surface area contributed by atoms with Gasteiger partial charge >= 0.3 is 11.9 Å². The Balaban J connectivity index is 0.000000631. The Bertz CT molecular complexity index is 1140. The summed E-state index contributed by atoms with van der Waals surface area (Å²) >= 11 is 0. The van der Waals surface area contributed by atoms with E-state index in [0.717, 1.165) is 75.7 Å². The Morgan fingerprint density at radius 2 is 1.46 bits per heavy atom. The van der Waals surface area contributed by atoms with E-state index >= 15 is 0 Å². The largest absolute Gasteiger partial charge is 0.493 e. The molecule has 0 aromatic heterocycles. The van der Waals surface area contributed by atoms with Crippen LogP contribution in [0.3, 0.4) is 0 Å². The van der Waals surface area contributed by atoms with Crippen LogP contribution in [-0.4, -0.2) is 91.3 Å². The number of nitrogens with zero attached hydrogens (tertiary/aromatic N) is 3. The summed E-state index contributed by atoms with van der Waals surface area (Å²) in [5, 5.41) is 14.8. The number of anilines is 1. The zero-order chi connectivity index (χ0) is 28.5. The van der Waals surface area contributed by atoms with Gasteiger partial charge in [0.2, 0.25) is 5.91 Å². The summed E-state index contributed by atoms with van der Waals surface area (Å²) in [4.78, 5) is 38.4. The summed E-state index contributed by atoms with van der Waals surface area (Å²) in [6, 6.07) is 12.5. The quantitative estimate of drug-likeness (QED) is 0.532. The van der Waals surface area contributed by atoms with Crippen LogP contribution in [0, 0.1) is 19.8 Å². The van der Waals surface area contributed by atoms with Crippen molar-refractivity contribution < 1.29 is 34.1 Å². The van der Waals surface area contributed by atoms with Crippen LogP contribution in [0.2, 0.25) is 0 Å². The van der Waals surface area contributed by atoms with Crippen LogP contribution >= 0.6 is 0 Å². The lowest BCUT2D eigenvalue weighted by atomic mass is 9.94. The van der Waals surface area contributed by atoms with Gasteiger partial charge in [-0.2, -0.15) is 0 Å². The van der Waals surface area contributed by atoms with E-state index in [4.69, 9.17) is 29.3 Å². The molecule has 2 aliphatic heterocycles. The number of aliphatic carboxylic acids is 2. The van der Waals surface area contributed by atoms with Crippen LogP contribution in [0.4, 0.5) is 5.69 Å². The van der Waals surface area contributed by atoms with Gasteiger partial charge in [0.25, 0.3) is 0 Å². The summed E-state index contributed by atoms with van der Waals surface area (Å²) in [7, 11) is 3.35. The number of carboxylic acid groups (broad SMARTS) is 2. The van der Waals surface area contributed by atoms with Crippen molar-refractivity contribution >= 4 is 23.5 Å². The van der Waals surface area contributed by atoms with Gasteiger partial charge in [0.15, 0.2) is 11.5 Å². The summed E-state index contributed by atoms with van der Waals surface area (Å²) in [6.07, 6.45) is 1.84. The number of amides is 1. The Morgan fingerprint density at radius 1 is 0.846 bits per heavy atom. The normalized spacial score (nSPS) is 16.2. The fourth-order valence-corrected chi connectivity index (χ4v) is 5.16. The average molecular weight is 542 g/mol. The number of piperazine rings is 1. The maximum atomic E-state index is 13.2. The Kier molecular flexibility index (Phi) is 10.6. The van der Waals surface area contributed by atoms with Crippen LogP contribution in [0.25, 0.3) is 0 Å². The van der Waals surface area contributed by atoms with E-state index in [-0.39, 0.29) is 5.92 Å². The highest BCUT2D eigenvalue weighted by molar-refractivity contribution is 6.27. The van der Waals surface area contributed by atoms with E-state index in [1.54, 1.807) is 14.2 Å². The third-order valence-corrected chi connectivity index (χ3v) is 7.51. The minimum absolute atomic E-state index is 0.140. The second-order valence-corrected chi connectivity index (χ2v) is 9.84. The zero-order valence-electron chi connectivity index (χ0n) is 23.2. The third-order valence-electron chi connectivity index (χ3n) is 7.51. The molecule has 2 saturated heterocycles. The highest BCUT2D eigenvalue weighted by Crippen LogP contribution is 2.32. The number of methoxy groups -OCH3 is 2. The number of piperidine rings is 1. The molecule has 0 spiro atoms. The number of carbonyl (C=O) groups is 3. The van der Waals surface area contributed by atoms with Gasteiger partial charge in [-0.1, -0.05) is 24.3 Å². The van der Waals surface area contributed by atoms with Gasteiger partial charge in [0.1, 0.15) is 0 Å². The number of aryl methyl sites for hydroxylation is 1. The van der Waals surface area contributed by atoms with Crippen molar-refractivity contribution in [1.29, 1.82) is 0 Å². The van der Waals surface area contributed by atoms with Gasteiger partial charge in [-0.3, -0.25) is 9.69 Å². The monoisotopic (exact) mass is 541 g/mol. The van der Waals surface area contributed by atoms with Crippen LogP contribution in [0.1, 0.15) is 29.5 Å². The molecule has 0 aliphatic carbocycles. The van der Waals surface area contributed by atoms with Gasteiger partial charge < -0.3 is 29.5 Å². The zero-order valence-corrected chi connectivity index (χ0v) is 23.2. The van der Waals surface area contributed by atoms with E-state index in [1.807, 2.05) is 12.1 Å². The SMILES string of the molecule is COc1cccc(CN2CCC(C(=O)N3CCN(c4cccc(C)c4C)CC3)CC2)c1OC.O=C(O)C(=O)O. The van der Waals surface area contributed by atoms with Gasteiger partial charge in [-0.05, 0) is 63.0 Å². The van der Waals surface area contributed by atoms with Crippen molar-refractivity contribution in [2.24, 2.45) is 5.92 Å². The fraction of sp³-hybridized carbons (Fsp3) is 0.483. The number of benzene rings is 2. The molecule has 2 aliphatic rings. The van der Waals surface area contributed by atoms with E-state index < -0.39 is 11.9 Å². The molecule has 0 unspecified atom stereocenters. The number of rotatable bonds is 6. The second kappa shape index (κ2) is 13.8. The van der Waals surface area contributed by atoms with Crippen molar-refractivity contribution in [3.05, 3.63) is 53.1 Å². The number of carbonyl (C=O) groups excluding carboxylic acids is 1. The third kappa shape index (κ3) is 7.63. The Morgan fingerprint density at radius 3 is 2.03 bits per heavy atom. The molecule has 2 heterocycles. The molecular formula is C29H39N3O7. The summed E-state index contributed by atoms with van der Waals surface area (Å²) in [5.41, 5.74) is 5.11. The molecule has 2 N–H and O–H groups in total. The predicted octanol–water partition coefficient (Wildman–Crippen LogP) is 3.04. The van der Waals surface area contributed by atoms with Crippen molar-refractivity contribution in [3.63, 3.8) is 0 Å². The number of hydrogen-bond acceptors (Lipinski definition) is 7. The standard InChI is InChI=1S/C27H37N3O3.C2H2O4/c1-20-7-5-9-24(21(20)2)29-15-17-30(18-16-29)27(31)22-11-13-28(14-12-22)19-23-8-6-10-25(32-3)26(23)33-4;3-1(4)2(5)6/h5-10,22H,11-19H2,1-4H3;(H,3,4)(H,5,6). The lowest BCUT2D eigenvalue weighted by Gasteiger charge is -2.40. The van der Waals surface area contributed by atoms with E-state index in [9.17, 15) is 4.79 Å². The highest BCUT2D eigenvalue weighted by atomic mass is 16.5. The number of para-hydroxylation sites is 1. The highest BCUT2D eigenvalue weighted by Gasteiger charge is 2.31. The molecule has 39 heavy (non-hydrogen) atoms. The molecule has 2 aromatic carbocycles. The number of ether oxygens (including phenoxy) is 2. The molecule has 0 saturated carbocycles. The molecule has 212 valence electrons. The first-order valence-electron chi connectivity index (χ1n) is 13.1. The maximum Gasteiger partial charge on any atom is 0.414 e. The van der Waals surface area contributed by atoms with Crippen LogP contribution in [-0.2, 0) is 20.9 Å². The van der Waals surface area contributed by atoms with Crippen LogP contribution in [0.5, 0.6) is 11.5 Å². The lowest BCUT2D eigenvalue weighted by Crippen LogP contribution is -2.51. The van der Waals surface area contributed by atoms with Gasteiger partial charge in [0.05, 0.1) is 14.2 Å².